The van der Waals surface area contributed by atoms with E-state index in [-0.39, 0.29) is 28.9 Å². The Morgan fingerprint density at radius 2 is 1.75 bits per heavy atom. The molecule has 9 heteroatoms. The lowest BCUT2D eigenvalue weighted by Gasteiger charge is -2.24. The summed E-state index contributed by atoms with van der Waals surface area (Å²) in [5.41, 5.74) is 2.39. The number of anilines is 1. The summed E-state index contributed by atoms with van der Waals surface area (Å²) >= 11 is 0. The monoisotopic (exact) mass is 486 g/mol. The molecule has 9 nitrogen and oxygen atoms in total. The van der Waals surface area contributed by atoms with Crippen molar-refractivity contribution in [1.82, 2.24) is 4.90 Å². The molecular formula is C27H26N4O5. The van der Waals surface area contributed by atoms with Gasteiger partial charge in [0, 0.05) is 29.8 Å². The van der Waals surface area contributed by atoms with Crippen LogP contribution in [0.5, 0.6) is 0 Å². The number of nitro groups is 1. The van der Waals surface area contributed by atoms with Crippen molar-refractivity contribution < 1.29 is 19.6 Å². The predicted octanol–water partition coefficient (Wildman–Crippen LogP) is 4.12. The van der Waals surface area contributed by atoms with Gasteiger partial charge in [0.2, 0.25) is 5.91 Å². The molecule has 0 aliphatic carbocycles. The molecule has 1 atom stereocenters. The second kappa shape index (κ2) is 11.4. The van der Waals surface area contributed by atoms with Crippen molar-refractivity contribution >= 4 is 29.0 Å². The molecule has 0 saturated carbocycles. The van der Waals surface area contributed by atoms with Crippen LogP contribution in [0.25, 0.3) is 0 Å². The number of aliphatic carboxylic acids is 1. The normalized spacial score (nSPS) is 16.0. The van der Waals surface area contributed by atoms with Crippen molar-refractivity contribution in [1.29, 1.82) is 0 Å². The van der Waals surface area contributed by atoms with Crippen molar-refractivity contribution in [2.24, 2.45) is 4.99 Å². The van der Waals surface area contributed by atoms with Gasteiger partial charge in [0.15, 0.2) is 0 Å². The molecule has 3 aromatic rings. The highest BCUT2D eigenvalue weighted by molar-refractivity contribution is 6.18. The van der Waals surface area contributed by atoms with E-state index in [1.54, 1.807) is 30.3 Å². The maximum absolute atomic E-state index is 13.4. The highest BCUT2D eigenvalue weighted by atomic mass is 16.6. The molecule has 2 N–H and O–H groups in total. The number of nitrogens with one attached hydrogen (secondary N) is 1. The van der Waals surface area contributed by atoms with E-state index in [1.165, 1.54) is 18.2 Å². The topological polar surface area (TPSA) is 125 Å². The number of carboxylic acid groups (broad SMARTS) is 1. The Kier molecular flexibility index (Phi) is 7.82. The lowest BCUT2D eigenvalue weighted by atomic mass is 9.99. The Morgan fingerprint density at radius 3 is 2.42 bits per heavy atom. The van der Waals surface area contributed by atoms with Gasteiger partial charge in [-0.25, -0.2) is 0 Å². The Morgan fingerprint density at radius 1 is 1.06 bits per heavy atom. The molecule has 0 unspecified atom stereocenters. The maximum Gasteiger partial charge on any atom is 0.325 e. The van der Waals surface area contributed by atoms with E-state index in [4.69, 9.17) is 0 Å². The van der Waals surface area contributed by atoms with Crippen molar-refractivity contribution in [3.63, 3.8) is 0 Å². The van der Waals surface area contributed by atoms with E-state index in [2.05, 4.69) is 15.2 Å². The van der Waals surface area contributed by atoms with Crippen molar-refractivity contribution in [3.05, 3.63) is 106 Å². The van der Waals surface area contributed by atoms with Crippen LogP contribution in [0.1, 0.15) is 29.5 Å². The number of rotatable bonds is 9. The van der Waals surface area contributed by atoms with Gasteiger partial charge in [0.05, 0.1) is 22.4 Å². The SMILES string of the molecule is O=C(O)CN=C(c1ccccc1)c1cc([N+](=O)[O-])ccc1NC(=O)[C@@H]1CCCN1Cc1ccccc1. The van der Waals surface area contributed by atoms with Crippen LogP contribution in [0.4, 0.5) is 11.4 Å². The Labute approximate surface area is 208 Å². The standard InChI is InChI=1S/C27H26N4O5/c32-25(33)17-28-26(20-10-5-2-6-11-20)22-16-21(31(35)36)13-14-23(22)29-27(34)24-12-7-15-30(24)18-19-8-3-1-4-9-19/h1-6,8-11,13-14,16,24H,7,12,15,17-18H2,(H,29,34)(H,32,33)/t24-/m0/s1. The van der Waals surface area contributed by atoms with Crippen LogP contribution in [0.15, 0.2) is 83.9 Å². The molecule has 1 aliphatic rings. The summed E-state index contributed by atoms with van der Waals surface area (Å²) in [6.45, 7) is 0.907. The number of carbonyl (C=O) groups excluding carboxylic acids is 1. The number of non-ortho nitro benzene ring substituents is 1. The largest absolute Gasteiger partial charge is 0.480 e. The molecule has 1 fully saturated rings. The fourth-order valence-corrected chi connectivity index (χ4v) is 4.37. The zero-order valence-corrected chi connectivity index (χ0v) is 19.5. The molecule has 0 bridgehead atoms. The molecule has 0 radical (unpaired) electrons. The fraction of sp³-hybridized carbons (Fsp3) is 0.222. The molecule has 0 spiro atoms. The summed E-state index contributed by atoms with van der Waals surface area (Å²) in [5, 5.41) is 23.7. The third-order valence-electron chi connectivity index (χ3n) is 6.04. The average molecular weight is 487 g/mol. The van der Waals surface area contributed by atoms with Crippen LogP contribution in [0.3, 0.4) is 0 Å². The van der Waals surface area contributed by atoms with E-state index in [0.717, 1.165) is 18.5 Å². The molecular weight excluding hydrogens is 460 g/mol. The van der Waals surface area contributed by atoms with E-state index >= 15 is 0 Å². The number of nitro benzene ring substituents is 1. The predicted molar refractivity (Wildman–Crippen MR) is 136 cm³/mol. The van der Waals surface area contributed by atoms with Crippen molar-refractivity contribution in [2.45, 2.75) is 25.4 Å². The first-order valence-corrected chi connectivity index (χ1v) is 11.6. The zero-order chi connectivity index (χ0) is 25.5. The smallest absolute Gasteiger partial charge is 0.325 e. The number of hydrogen-bond donors (Lipinski definition) is 2. The van der Waals surface area contributed by atoms with Crippen LogP contribution < -0.4 is 5.32 Å². The minimum absolute atomic E-state index is 0.187. The van der Waals surface area contributed by atoms with Gasteiger partial charge in [-0.1, -0.05) is 60.7 Å². The number of aliphatic imine (C=N–C) groups is 1. The molecule has 0 aromatic heterocycles. The van der Waals surface area contributed by atoms with E-state index in [1.807, 2.05) is 30.3 Å². The van der Waals surface area contributed by atoms with Gasteiger partial charge in [-0.3, -0.25) is 29.6 Å². The molecule has 1 amide bonds. The number of carbonyl (C=O) groups is 2. The summed E-state index contributed by atoms with van der Waals surface area (Å²) in [4.78, 5) is 42.0. The van der Waals surface area contributed by atoms with Gasteiger partial charge < -0.3 is 10.4 Å². The first kappa shape index (κ1) is 24.7. The highest BCUT2D eigenvalue weighted by Gasteiger charge is 2.31. The Hall–Kier alpha value is -4.37. The molecule has 1 heterocycles. The molecule has 1 saturated heterocycles. The molecule has 36 heavy (non-hydrogen) atoms. The lowest BCUT2D eigenvalue weighted by Crippen LogP contribution is -2.39. The zero-order valence-electron chi connectivity index (χ0n) is 19.5. The first-order valence-electron chi connectivity index (χ1n) is 11.6. The molecule has 3 aromatic carbocycles. The highest BCUT2D eigenvalue weighted by Crippen LogP contribution is 2.28. The van der Waals surface area contributed by atoms with Crippen LogP contribution in [0, 0.1) is 10.1 Å². The number of likely N-dealkylation sites (tertiary alicyclic amines) is 1. The number of hydrogen-bond acceptors (Lipinski definition) is 6. The minimum atomic E-state index is -1.14. The molecule has 184 valence electrons. The summed E-state index contributed by atoms with van der Waals surface area (Å²) in [7, 11) is 0. The van der Waals surface area contributed by atoms with Crippen LogP contribution in [-0.2, 0) is 16.1 Å². The van der Waals surface area contributed by atoms with E-state index in [0.29, 0.717) is 24.2 Å². The Balaban J connectivity index is 1.67. The van der Waals surface area contributed by atoms with Gasteiger partial charge in [0.1, 0.15) is 6.54 Å². The maximum atomic E-state index is 13.4. The van der Waals surface area contributed by atoms with Gasteiger partial charge in [-0.05, 0) is 31.0 Å². The van der Waals surface area contributed by atoms with Crippen molar-refractivity contribution in [3.8, 4) is 0 Å². The number of amides is 1. The third-order valence-corrected chi connectivity index (χ3v) is 6.04. The lowest BCUT2D eigenvalue weighted by molar-refractivity contribution is -0.384. The second-order valence-corrected chi connectivity index (χ2v) is 8.51. The van der Waals surface area contributed by atoms with Crippen LogP contribution in [-0.4, -0.2) is 51.6 Å². The minimum Gasteiger partial charge on any atom is -0.480 e. The average Bonchev–Trinajstić information content (AvgIpc) is 3.34. The summed E-state index contributed by atoms with van der Waals surface area (Å²) in [6, 6.07) is 22.5. The van der Waals surface area contributed by atoms with Gasteiger partial charge in [0.25, 0.3) is 5.69 Å². The summed E-state index contributed by atoms with van der Waals surface area (Å²) in [6.07, 6.45) is 1.58. The van der Waals surface area contributed by atoms with E-state index in [9.17, 15) is 24.8 Å². The van der Waals surface area contributed by atoms with Crippen LogP contribution in [0.2, 0.25) is 0 Å². The van der Waals surface area contributed by atoms with E-state index < -0.39 is 17.4 Å². The fourth-order valence-electron chi connectivity index (χ4n) is 4.37. The molecule has 1 aliphatic heterocycles. The third kappa shape index (κ3) is 6.00. The quantitative estimate of drug-likeness (QED) is 0.266. The van der Waals surface area contributed by atoms with Gasteiger partial charge in [-0.2, -0.15) is 0 Å². The van der Waals surface area contributed by atoms with Gasteiger partial charge in [-0.15, -0.1) is 0 Å². The first-order chi connectivity index (χ1) is 17.4. The summed E-state index contributed by atoms with van der Waals surface area (Å²) < 4.78 is 0. The number of benzene rings is 3. The number of carboxylic acids is 1. The summed E-state index contributed by atoms with van der Waals surface area (Å²) in [5.74, 6) is -1.36. The Bertz CT molecular complexity index is 1280. The van der Waals surface area contributed by atoms with Crippen molar-refractivity contribution in [2.75, 3.05) is 18.4 Å². The van der Waals surface area contributed by atoms with Crippen LogP contribution >= 0.6 is 0 Å². The van der Waals surface area contributed by atoms with Gasteiger partial charge >= 0.3 is 5.97 Å². The number of nitrogens with zero attached hydrogens (tertiary/aromatic N) is 3. The second-order valence-electron chi connectivity index (χ2n) is 8.51. The molecule has 4 rings (SSSR count).